The smallest absolute Gasteiger partial charge is 0.111 e. The number of benzene rings is 1. The molecule has 4 nitrogen and oxygen atoms in total. The fraction of sp³-hybridized carbons (Fsp3) is 0.417. The molecule has 3 rings (SSSR count). The van der Waals surface area contributed by atoms with Crippen molar-refractivity contribution in [2.75, 3.05) is 18.4 Å². The largest absolute Gasteiger partial charge is 0.380 e. The van der Waals surface area contributed by atoms with Crippen LogP contribution in [0.25, 0.3) is 11.0 Å². The number of imidazole rings is 1. The quantitative estimate of drug-likeness (QED) is 0.716. The van der Waals surface area contributed by atoms with Gasteiger partial charge < -0.3 is 15.6 Å². The number of hydrogen-bond acceptors (Lipinski definition) is 3. The lowest BCUT2D eigenvalue weighted by Crippen LogP contribution is -2.35. The molecule has 1 fully saturated rings. The Morgan fingerprint density at radius 1 is 1.25 bits per heavy atom. The summed E-state index contributed by atoms with van der Waals surface area (Å²) in [7, 11) is 0. The summed E-state index contributed by atoms with van der Waals surface area (Å²) in [6.07, 6.45) is 4.11. The molecule has 4 heteroatoms. The van der Waals surface area contributed by atoms with Gasteiger partial charge in [0.1, 0.15) is 5.52 Å². The molecule has 0 unspecified atom stereocenters. The third-order valence-corrected chi connectivity index (χ3v) is 3.15. The number of H-pyrrole nitrogens is 1. The van der Waals surface area contributed by atoms with E-state index in [1.54, 1.807) is 6.33 Å². The summed E-state index contributed by atoms with van der Waals surface area (Å²) >= 11 is 0. The predicted molar refractivity (Wildman–Crippen MR) is 65.6 cm³/mol. The predicted octanol–water partition coefficient (Wildman–Crippen LogP) is 1.73. The standard InChI is InChI=1S/C12H16N4/c1-2-10-12(15-8-14-10)11(3-1)16-9-4-6-13-7-5-9/h1-3,8-9,13,16H,4-7H2,(H,14,15). The van der Waals surface area contributed by atoms with Crippen LogP contribution in [0, 0.1) is 0 Å². The van der Waals surface area contributed by atoms with Gasteiger partial charge in [-0.2, -0.15) is 0 Å². The Hall–Kier alpha value is -1.55. The molecule has 0 aliphatic carbocycles. The number of piperidine rings is 1. The molecular formula is C12H16N4. The highest BCUT2D eigenvalue weighted by Gasteiger charge is 2.13. The van der Waals surface area contributed by atoms with E-state index in [2.05, 4.69) is 38.8 Å². The molecule has 0 saturated carbocycles. The van der Waals surface area contributed by atoms with E-state index < -0.39 is 0 Å². The molecule has 84 valence electrons. The Morgan fingerprint density at radius 3 is 3.00 bits per heavy atom. The first-order valence-electron chi connectivity index (χ1n) is 5.83. The average molecular weight is 216 g/mol. The maximum atomic E-state index is 4.35. The highest BCUT2D eigenvalue weighted by molar-refractivity contribution is 5.87. The molecular weight excluding hydrogens is 200 g/mol. The van der Waals surface area contributed by atoms with E-state index >= 15 is 0 Å². The highest BCUT2D eigenvalue weighted by atomic mass is 15.0. The van der Waals surface area contributed by atoms with Crippen molar-refractivity contribution in [1.29, 1.82) is 0 Å². The molecule has 1 aliphatic rings. The molecule has 3 N–H and O–H groups in total. The summed E-state index contributed by atoms with van der Waals surface area (Å²) in [6, 6.07) is 6.79. The first-order chi connectivity index (χ1) is 7.93. The molecule has 0 atom stereocenters. The Morgan fingerprint density at radius 2 is 2.12 bits per heavy atom. The fourth-order valence-corrected chi connectivity index (χ4v) is 2.27. The lowest BCUT2D eigenvalue weighted by Gasteiger charge is -2.24. The van der Waals surface area contributed by atoms with Crippen LogP contribution >= 0.6 is 0 Å². The van der Waals surface area contributed by atoms with Crippen molar-refractivity contribution >= 4 is 16.7 Å². The van der Waals surface area contributed by atoms with Gasteiger partial charge in [0.25, 0.3) is 0 Å². The van der Waals surface area contributed by atoms with Crippen molar-refractivity contribution < 1.29 is 0 Å². The lowest BCUT2D eigenvalue weighted by molar-refractivity contribution is 0.479. The van der Waals surface area contributed by atoms with Crippen molar-refractivity contribution in [1.82, 2.24) is 15.3 Å². The number of nitrogens with one attached hydrogen (secondary N) is 3. The van der Waals surface area contributed by atoms with Gasteiger partial charge >= 0.3 is 0 Å². The molecule has 1 aromatic carbocycles. The minimum atomic E-state index is 0.573. The molecule has 2 aromatic rings. The van der Waals surface area contributed by atoms with Crippen LogP contribution < -0.4 is 10.6 Å². The molecule has 16 heavy (non-hydrogen) atoms. The monoisotopic (exact) mass is 216 g/mol. The molecule has 1 aliphatic heterocycles. The zero-order valence-electron chi connectivity index (χ0n) is 9.16. The van der Waals surface area contributed by atoms with E-state index in [0.29, 0.717) is 6.04 Å². The normalized spacial score (nSPS) is 17.8. The molecule has 0 spiro atoms. The van der Waals surface area contributed by atoms with E-state index in [4.69, 9.17) is 0 Å². The van der Waals surface area contributed by atoms with Gasteiger partial charge in [0.05, 0.1) is 17.5 Å². The first-order valence-corrected chi connectivity index (χ1v) is 5.83. The van der Waals surface area contributed by atoms with Gasteiger partial charge in [0.15, 0.2) is 0 Å². The van der Waals surface area contributed by atoms with Crippen LogP contribution in [0.1, 0.15) is 12.8 Å². The summed E-state index contributed by atoms with van der Waals surface area (Å²) in [6.45, 7) is 2.21. The van der Waals surface area contributed by atoms with Gasteiger partial charge in [-0.1, -0.05) is 6.07 Å². The molecule has 1 aromatic heterocycles. The fourth-order valence-electron chi connectivity index (χ4n) is 2.27. The van der Waals surface area contributed by atoms with Crippen molar-refractivity contribution in [2.45, 2.75) is 18.9 Å². The number of fused-ring (bicyclic) bond motifs is 1. The molecule has 1 saturated heterocycles. The highest BCUT2D eigenvalue weighted by Crippen LogP contribution is 2.21. The van der Waals surface area contributed by atoms with Gasteiger partial charge in [-0.05, 0) is 38.1 Å². The zero-order chi connectivity index (χ0) is 10.8. The Bertz CT molecular complexity index is 471. The maximum Gasteiger partial charge on any atom is 0.111 e. The molecule has 0 radical (unpaired) electrons. The van der Waals surface area contributed by atoms with Crippen molar-refractivity contribution in [3.05, 3.63) is 24.5 Å². The van der Waals surface area contributed by atoms with Gasteiger partial charge in [-0.25, -0.2) is 4.98 Å². The number of aromatic nitrogens is 2. The summed E-state index contributed by atoms with van der Waals surface area (Å²) in [5.74, 6) is 0. The molecule has 0 bridgehead atoms. The van der Waals surface area contributed by atoms with Crippen molar-refractivity contribution in [3.63, 3.8) is 0 Å². The second-order valence-electron chi connectivity index (χ2n) is 4.27. The van der Waals surface area contributed by atoms with Crippen LogP contribution in [0.4, 0.5) is 5.69 Å². The maximum absolute atomic E-state index is 4.35. The summed E-state index contributed by atoms with van der Waals surface area (Å²) in [5, 5.41) is 6.96. The second kappa shape index (κ2) is 4.14. The number of anilines is 1. The molecule has 0 amide bonds. The number of nitrogens with zero attached hydrogens (tertiary/aromatic N) is 1. The van der Waals surface area contributed by atoms with E-state index in [9.17, 15) is 0 Å². The Labute approximate surface area is 94.5 Å². The van der Waals surface area contributed by atoms with Crippen LogP contribution in [0.3, 0.4) is 0 Å². The minimum absolute atomic E-state index is 0.573. The summed E-state index contributed by atoms with van der Waals surface area (Å²) in [5.41, 5.74) is 3.28. The molecule has 2 heterocycles. The van der Waals surface area contributed by atoms with Crippen LogP contribution in [-0.2, 0) is 0 Å². The third kappa shape index (κ3) is 1.76. The summed E-state index contributed by atoms with van der Waals surface area (Å²) in [4.78, 5) is 7.48. The Kier molecular flexibility index (Phi) is 2.50. The van der Waals surface area contributed by atoms with Gasteiger partial charge in [-0.3, -0.25) is 0 Å². The van der Waals surface area contributed by atoms with Crippen molar-refractivity contribution in [3.8, 4) is 0 Å². The SMILES string of the molecule is c1cc(NC2CCNCC2)c2nc[nH]c2c1. The van der Waals surface area contributed by atoms with Crippen LogP contribution in [0.2, 0.25) is 0 Å². The topological polar surface area (TPSA) is 52.7 Å². The Balaban J connectivity index is 1.85. The zero-order valence-corrected chi connectivity index (χ0v) is 9.16. The second-order valence-corrected chi connectivity index (χ2v) is 4.27. The number of rotatable bonds is 2. The third-order valence-electron chi connectivity index (χ3n) is 3.15. The van der Waals surface area contributed by atoms with Crippen LogP contribution in [-0.4, -0.2) is 29.1 Å². The van der Waals surface area contributed by atoms with E-state index in [0.717, 1.165) is 29.8 Å². The van der Waals surface area contributed by atoms with Gasteiger partial charge in [0.2, 0.25) is 0 Å². The van der Waals surface area contributed by atoms with Crippen LogP contribution in [0.15, 0.2) is 24.5 Å². The minimum Gasteiger partial charge on any atom is -0.380 e. The van der Waals surface area contributed by atoms with Crippen molar-refractivity contribution in [2.24, 2.45) is 0 Å². The van der Waals surface area contributed by atoms with E-state index in [-0.39, 0.29) is 0 Å². The average Bonchev–Trinajstić information content (AvgIpc) is 2.80. The number of aromatic amines is 1. The van der Waals surface area contributed by atoms with Gasteiger partial charge in [-0.15, -0.1) is 0 Å². The number of para-hydroxylation sites is 1. The first kappa shape index (κ1) is 9.66. The summed E-state index contributed by atoms with van der Waals surface area (Å²) < 4.78 is 0. The van der Waals surface area contributed by atoms with E-state index in [1.165, 1.54) is 12.8 Å². The van der Waals surface area contributed by atoms with Gasteiger partial charge in [0, 0.05) is 6.04 Å². The van der Waals surface area contributed by atoms with Crippen LogP contribution in [0.5, 0.6) is 0 Å². The van der Waals surface area contributed by atoms with E-state index in [1.807, 2.05) is 0 Å². The number of hydrogen-bond donors (Lipinski definition) is 3. The lowest BCUT2D eigenvalue weighted by atomic mass is 10.1.